The molecule has 3 rings (SSSR count). The van der Waals surface area contributed by atoms with Crippen LogP contribution in [0.2, 0.25) is 0 Å². The molecule has 27 heavy (non-hydrogen) atoms. The van der Waals surface area contributed by atoms with Gasteiger partial charge in [0.2, 0.25) is 10.0 Å². The van der Waals surface area contributed by atoms with Crippen LogP contribution in [-0.2, 0) is 10.0 Å². The van der Waals surface area contributed by atoms with Crippen LogP contribution in [0.25, 0.3) is 0 Å². The highest BCUT2D eigenvalue weighted by Gasteiger charge is 2.23. The van der Waals surface area contributed by atoms with Gasteiger partial charge in [-0.1, -0.05) is 31.0 Å². The van der Waals surface area contributed by atoms with E-state index < -0.39 is 10.0 Å². The van der Waals surface area contributed by atoms with E-state index in [0.717, 1.165) is 31.2 Å². The van der Waals surface area contributed by atoms with Gasteiger partial charge in [-0.05, 0) is 55.7 Å². The first-order valence-electron chi connectivity index (χ1n) is 9.04. The molecule has 1 unspecified atom stereocenters. The highest BCUT2D eigenvalue weighted by Crippen LogP contribution is 2.21. The number of hydrogen-bond acceptors (Lipinski definition) is 3. The Hall–Kier alpha value is -2.25. The van der Waals surface area contributed by atoms with Gasteiger partial charge >= 0.3 is 0 Å². The molecule has 1 atom stereocenters. The molecule has 1 amide bonds. The van der Waals surface area contributed by atoms with Crippen molar-refractivity contribution in [2.24, 2.45) is 0 Å². The molecule has 1 aliphatic rings. The van der Waals surface area contributed by atoms with Gasteiger partial charge in [-0.3, -0.25) is 4.79 Å². The van der Waals surface area contributed by atoms with Gasteiger partial charge < -0.3 is 5.32 Å². The van der Waals surface area contributed by atoms with Crippen molar-refractivity contribution in [1.29, 1.82) is 0 Å². The Kier molecular flexibility index (Phi) is 5.92. The third-order valence-corrected chi connectivity index (χ3v) is 6.32. The van der Waals surface area contributed by atoms with Gasteiger partial charge in [0, 0.05) is 11.6 Å². The Morgan fingerprint density at radius 3 is 2.44 bits per heavy atom. The van der Waals surface area contributed by atoms with Gasteiger partial charge in [0.05, 0.1) is 10.9 Å². The lowest BCUT2D eigenvalue weighted by atomic mass is 10.1. The summed E-state index contributed by atoms with van der Waals surface area (Å²) in [7, 11) is -3.66. The van der Waals surface area contributed by atoms with E-state index in [0.29, 0.717) is 0 Å². The molecular weight excluding hydrogens is 367 g/mol. The first-order valence-corrected chi connectivity index (χ1v) is 10.5. The Balaban J connectivity index is 1.72. The highest BCUT2D eigenvalue weighted by molar-refractivity contribution is 7.89. The summed E-state index contributed by atoms with van der Waals surface area (Å²) in [5, 5.41) is 2.81. The first kappa shape index (κ1) is 19.5. The number of amides is 1. The highest BCUT2D eigenvalue weighted by atomic mass is 32.2. The predicted molar refractivity (Wildman–Crippen MR) is 101 cm³/mol. The van der Waals surface area contributed by atoms with Crippen LogP contribution in [0.15, 0.2) is 53.4 Å². The molecule has 0 spiro atoms. The van der Waals surface area contributed by atoms with Crippen molar-refractivity contribution in [2.75, 3.05) is 0 Å². The molecule has 5 nitrogen and oxygen atoms in total. The SMILES string of the molecule is CC(NC(=O)c1cccc(S(=O)(=O)NC2CCCC2)c1)c1ccc(F)cc1. The number of sulfonamides is 1. The quantitative estimate of drug-likeness (QED) is 0.792. The lowest BCUT2D eigenvalue weighted by Gasteiger charge is -2.16. The lowest BCUT2D eigenvalue weighted by Crippen LogP contribution is -2.33. The molecule has 1 saturated carbocycles. The van der Waals surface area contributed by atoms with Crippen molar-refractivity contribution in [2.45, 2.75) is 49.6 Å². The summed E-state index contributed by atoms with van der Waals surface area (Å²) in [6.07, 6.45) is 3.73. The number of rotatable bonds is 6. The molecule has 0 radical (unpaired) electrons. The van der Waals surface area contributed by atoms with Crippen molar-refractivity contribution < 1.29 is 17.6 Å². The molecule has 2 aromatic rings. The standard InChI is InChI=1S/C20H23FN2O3S/c1-14(15-9-11-17(21)12-10-15)22-20(24)16-5-4-8-19(13-16)27(25,26)23-18-6-2-3-7-18/h4-5,8-14,18,23H,2-3,6-7H2,1H3,(H,22,24). The van der Waals surface area contributed by atoms with E-state index in [1.807, 2.05) is 0 Å². The second kappa shape index (κ2) is 8.19. The molecule has 0 heterocycles. The summed E-state index contributed by atoms with van der Waals surface area (Å²) in [4.78, 5) is 12.6. The topological polar surface area (TPSA) is 75.3 Å². The minimum absolute atomic E-state index is 0.0361. The Labute approximate surface area is 159 Å². The maximum Gasteiger partial charge on any atom is 0.251 e. The molecule has 0 saturated heterocycles. The molecule has 0 aliphatic heterocycles. The molecule has 0 bridgehead atoms. The third-order valence-electron chi connectivity index (χ3n) is 4.80. The number of carbonyl (C=O) groups excluding carboxylic acids is 1. The Bertz CT molecular complexity index is 907. The Morgan fingerprint density at radius 1 is 1.11 bits per heavy atom. The molecule has 144 valence electrons. The fraction of sp³-hybridized carbons (Fsp3) is 0.350. The van der Waals surface area contributed by atoms with E-state index in [1.54, 1.807) is 31.2 Å². The zero-order valence-corrected chi connectivity index (χ0v) is 15.9. The Morgan fingerprint density at radius 2 is 1.78 bits per heavy atom. The van der Waals surface area contributed by atoms with Gasteiger partial charge in [-0.15, -0.1) is 0 Å². The summed E-state index contributed by atoms with van der Waals surface area (Å²) in [6, 6.07) is 11.5. The summed E-state index contributed by atoms with van der Waals surface area (Å²) in [5.41, 5.74) is 1.02. The van der Waals surface area contributed by atoms with Gasteiger partial charge in [-0.2, -0.15) is 0 Å². The van der Waals surface area contributed by atoms with Crippen LogP contribution in [0, 0.1) is 5.82 Å². The predicted octanol–water partition coefficient (Wildman–Crippen LogP) is 3.54. The lowest BCUT2D eigenvalue weighted by molar-refractivity contribution is 0.0939. The molecular formula is C20H23FN2O3S. The summed E-state index contributed by atoms with van der Waals surface area (Å²) < 4.78 is 40.9. The van der Waals surface area contributed by atoms with Crippen LogP contribution in [0.3, 0.4) is 0 Å². The van der Waals surface area contributed by atoms with E-state index in [2.05, 4.69) is 10.0 Å². The monoisotopic (exact) mass is 390 g/mol. The third kappa shape index (κ3) is 4.93. The fourth-order valence-electron chi connectivity index (χ4n) is 3.25. The minimum Gasteiger partial charge on any atom is -0.346 e. The fourth-order valence-corrected chi connectivity index (χ4v) is 4.60. The maximum absolute atomic E-state index is 13.0. The molecule has 1 aliphatic carbocycles. The number of halogens is 1. The van der Waals surface area contributed by atoms with Gasteiger partial charge in [0.1, 0.15) is 5.82 Å². The zero-order chi connectivity index (χ0) is 19.4. The smallest absolute Gasteiger partial charge is 0.251 e. The van der Waals surface area contributed by atoms with Crippen LogP contribution in [0.5, 0.6) is 0 Å². The average molecular weight is 390 g/mol. The minimum atomic E-state index is -3.66. The van der Waals surface area contributed by atoms with E-state index >= 15 is 0 Å². The second-order valence-corrected chi connectivity index (χ2v) is 8.59. The normalized spacial score (nSPS) is 16.2. The van der Waals surface area contributed by atoms with Gasteiger partial charge in [0.15, 0.2) is 0 Å². The number of nitrogens with one attached hydrogen (secondary N) is 2. The van der Waals surface area contributed by atoms with Gasteiger partial charge in [-0.25, -0.2) is 17.5 Å². The van der Waals surface area contributed by atoms with Crippen molar-refractivity contribution in [3.05, 3.63) is 65.5 Å². The van der Waals surface area contributed by atoms with Crippen LogP contribution < -0.4 is 10.0 Å². The van der Waals surface area contributed by atoms with Gasteiger partial charge in [0.25, 0.3) is 5.91 Å². The summed E-state index contributed by atoms with van der Waals surface area (Å²) in [6.45, 7) is 1.79. The zero-order valence-electron chi connectivity index (χ0n) is 15.1. The summed E-state index contributed by atoms with van der Waals surface area (Å²) in [5.74, 6) is -0.727. The van der Waals surface area contributed by atoms with E-state index in [-0.39, 0.29) is 34.3 Å². The molecule has 1 fully saturated rings. The number of hydrogen-bond donors (Lipinski definition) is 2. The first-order chi connectivity index (χ1) is 12.8. The van der Waals surface area contributed by atoms with Crippen LogP contribution >= 0.6 is 0 Å². The van der Waals surface area contributed by atoms with Crippen LogP contribution in [-0.4, -0.2) is 20.4 Å². The second-order valence-electron chi connectivity index (χ2n) is 6.88. The number of carbonyl (C=O) groups is 1. The van der Waals surface area contributed by atoms with Crippen LogP contribution in [0.1, 0.15) is 54.6 Å². The van der Waals surface area contributed by atoms with Crippen LogP contribution in [0.4, 0.5) is 4.39 Å². The van der Waals surface area contributed by atoms with E-state index in [1.165, 1.54) is 24.3 Å². The molecule has 0 aromatic heterocycles. The van der Waals surface area contributed by atoms with E-state index in [9.17, 15) is 17.6 Å². The van der Waals surface area contributed by atoms with Crippen molar-refractivity contribution in [3.63, 3.8) is 0 Å². The number of benzene rings is 2. The molecule has 7 heteroatoms. The van der Waals surface area contributed by atoms with Crippen molar-refractivity contribution in [1.82, 2.24) is 10.0 Å². The van der Waals surface area contributed by atoms with Crippen molar-refractivity contribution >= 4 is 15.9 Å². The van der Waals surface area contributed by atoms with E-state index in [4.69, 9.17) is 0 Å². The maximum atomic E-state index is 13.0. The van der Waals surface area contributed by atoms with Crippen molar-refractivity contribution in [3.8, 4) is 0 Å². The molecule has 2 N–H and O–H groups in total. The average Bonchev–Trinajstić information content (AvgIpc) is 3.14. The molecule has 2 aromatic carbocycles. The summed E-state index contributed by atoms with van der Waals surface area (Å²) >= 11 is 0. The largest absolute Gasteiger partial charge is 0.346 e.